The van der Waals surface area contributed by atoms with Gasteiger partial charge in [0.15, 0.2) is 12.4 Å². The Morgan fingerprint density at radius 2 is 1.73 bits per heavy atom. The number of carbonyl (C=O) groups excluding carboxylic acids is 1. The van der Waals surface area contributed by atoms with Gasteiger partial charge in [-0.25, -0.2) is 0 Å². The number of primary amides is 1. The Hall–Kier alpha value is -3.08. The first-order valence-electron chi connectivity index (χ1n) is 8.35. The van der Waals surface area contributed by atoms with Crippen molar-refractivity contribution in [2.45, 2.75) is 26.2 Å². The van der Waals surface area contributed by atoms with E-state index >= 15 is 0 Å². The van der Waals surface area contributed by atoms with Crippen LogP contribution < -0.4 is 15.9 Å². The maximum absolute atomic E-state index is 12.8. The first-order valence-corrected chi connectivity index (χ1v) is 8.35. The standard InChI is InChI=1S/C21H21NO4/c1-21(2,3)14-10-8-13(9-11-14)19-20(25-12-17(22)23)18(24)15-6-4-5-7-16(15)26-19/h4-11H,12H2,1-3H3,(H2,22,23). The molecule has 0 spiro atoms. The van der Waals surface area contributed by atoms with Gasteiger partial charge in [0.25, 0.3) is 5.91 Å². The molecule has 0 aliphatic carbocycles. The molecule has 0 aliphatic heterocycles. The quantitative estimate of drug-likeness (QED) is 0.778. The van der Waals surface area contributed by atoms with Crippen molar-refractivity contribution < 1.29 is 13.9 Å². The van der Waals surface area contributed by atoms with Crippen LogP contribution in [0.3, 0.4) is 0 Å². The molecule has 0 saturated heterocycles. The number of amides is 1. The lowest BCUT2D eigenvalue weighted by molar-refractivity contribution is -0.119. The second kappa shape index (κ2) is 6.67. The topological polar surface area (TPSA) is 82.5 Å². The van der Waals surface area contributed by atoms with Crippen LogP contribution in [0.15, 0.2) is 57.7 Å². The number of nitrogens with two attached hydrogens (primary N) is 1. The van der Waals surface area contributed by atoms with Crippen LogP contribution in [0.4, 0.5) is 0 Å². The molecule has 0 fully saturated rings. The molecule has 3 aromatic rings. The number of ether oxygens (including phenoxy) is 1. The minimum absolute atomic E-state index is 0.00799. The molecular weight excluding hydrogens is 330 g/mol. The maximum Gasteiger partial charge on any atom is 0.255 e. The van der Waals surface area contributed by atoms with Gasteiger partial charge in [-0.3, -0.25) is 9.59 Å². The summed E-state index contributed by atoms with van der Waals surface area (Å²) in [7, 11) is 0. The van der Waals surface area contributed by atoms with E-state index in [1.54, 1.807) is 24.3 Å². The predicted molar refractivity (Wildman–Crippen MR) is 101 cm³/mol. The summed E-state index contributed by atoms with van der Waals surface area (Å²) in [6, 6.07) is 14.7. The van der Waals surface area contributed by atoms with Crippen molar-refractivity contribution in [3.8, 4) is 17.1 Å². The van der Waals surface area contributed by atoms with Gasteiger partial charge in [-0.05, 0) is 23.1 Å². The average Bonchev–Trinajstić information content (AvgIpc) is 2.60. The fourth-order valence-corrected chi connectivity index (χ4v) is 2.71. The maximum atomic E-state index is 12.8. The Morgan fingerprint density at radius 1 is 1.08 bits per heavy atom. The van der Waals surface area contributed by atoms with Crippen LogP contribution in [0, 0.1) is 0 Å². The summed E-state index contributed by atoms with van der Waals surface area (Å²) in [6.07, 6.45) is 0. The van der Waals surface area contributed by atoms with Gasteiger partial charge in [-0.1, -0.05) is 57.2 Å². The van der Waals surface area contributed by atoms with Gasteiger partial charge in [0.2, 0.25) is 11.2 Å². The zero-order valence-electron chi connectivity index (χ0n) is 15.0. The molecule has 0 unspecified atom stereocenters. The van der Waals surface area contributed by atoms with Crippen molar-refractivity contribution in [2.75, 3.05) is 6.61 Å². The normalized spacial score (nSPS) is 11.5. The third-order valence-electron chi connectivity index (χ3n) is 4.13. The molecule has 1 aromatic heterocycles. The Morgan fingerprint density at radius 3 is 2.35 bits per heavy atom. The molecule has 0 aliphatic rings. The number of fused-ring (bicyclic) bond motifs is 1. The Bertz CT molecular complexity index is 1010. The lowest BCUT2D eigenvalue weighted by Gasteiger charge is -2.19. The first kappa shape index (κ1) is 17.7. The number of benzene rings is 2. The molecule has 2 N–H and O–H groups in total. The van der Waals surface area contributed by atoms with Gasteiger partial charge in [0.1, 0.15) is 5.58 Å². The minimum Gasteiger partial charge on any atom is -0.476 e. The molecular formula is C21H21NO4. The van der Waals surface area contributed by atoms with Crippen LogP contribution in [-0.4, -0.2) is 12.5 Å². The van der Waals surface area contributed by atoms with E-state index in [1.165, 1.54) is 0 Å². The van der Waals surface area contributed by atoms with Crippen LogP contribution >= 0.6 is 0 Å². The van der Waals surface area contributed by atoms with Gasteiger partial charge in [-0.2, -0.15) is 0 Å². The van der Waals surface area contributed by atoms with Gasteiger partial charge in [-0.15, -0.1) is 0 Å². The number of para-hydroxylation sites is 1. The highest BCUT2D eigenvalue weighted by molar-refractivity contribution is 5.82. The lowest BCUT2D eigenvalue weighted by atomic mass is 9.86. The number of carbonyl (C=O) groups is 1. The van der Waals surface area contributed by atoms with E-state index < -0.39 is 12.5 Å². The molecule has 1 heterocycles. The minimum atomic E-state index is -0.661. The molecule has 0 atom stereocenters. The highest BCUT2D eigenvalue weighted by atomic mass is 16.5. The van der Waals surface area contributed by atoms with Crippen molar-refractivity contribution in [3.05, 3.63) is 64.3 Å². The molecule has 5 heteroatoms. The number of hydrogen-bond donors (Lipinski definition) is 1. The number of hydrogen-bond acceptors (Lipinski definition) is 4. The van der Waals surface area contributed by atoms with Gasteiger partial charge in [0, 0.05) is 5.56 Å². The Labute approximate surface area is 151 Å². The molecule has 0 radical (unpaired) electrons. The van der Waals surface area contributed by atoms with E-state index in [1.807, 2.05) is 24.3 Å². The largest absolute Gasteiger partial charge is 0.476 e. The Kier molecular flexibility index (Phi) is 4.55. The monoisotopic (exact) mass is 351 g/mol. The SMILES string of the molecule is CC(C)(C)c1ccc(-c2oc3ccccc3c(=O)c2OCC(N)=O)cc1. The molecule has 2 aromatic carbocycles. The Balaban J connectivity index is 2.18. The zero-order chi connectivity index (χ0) is 18.9. The molecule has 1 amide bonds. The average molecular weight is 351 g/mol. The smallest absolute Gasteiger partial charge is 0.255 e. The highest BCUT2D eigenvalue weighted by Gasteiger charge is 2.19. The lowest BCUT2D eigenvalue weighted by Crippen LogP contribution is -2.22. The zero-order valence-corrected chi connectivity index (χ0v) is 15.0. The highest BCUT2D eigenvalue weighted by Crippen LogP contribution is 2.32. The van der Waals surface area contributed by atoms with Gasteiger partial charge >= 0.3 is 0 Å². The van der Waals surface area contributed by atoms with Gasteiger partial charge in [0.05, 0.1) is 5.39 Å². The van der Waals surface area contributed by atoms with E-state index in [9.17, 15) is 9.59 Å². The van der Waals surface area contributed by atoms with Gasteiger partial charge < -0.3 is 14.9 Å². The molecule has 26 heavy (non-hydrogen) atoms. The fraction of sp³-hybridized carbons (Fsp3) is 0.238. The van der Waals surface area contributed by atoms with Crippen LogP contribution in [-0.2, 0) is 10.2 Å². The molecule has 0 bridgehead atoms. The molecule has 3 rings (SSSR count). The van der Waals surface area contributed by atoms with Crippen molar-refractivity contribution >= 4 is 16.9 Å². The summed E-state index contributed by atoms with van der Waals surface area (Å²) in [5.41, 5.74) is 7.15. The summed E-state index contributed by atoms with van der Waals surface area (Å²) in [4.78, 5) is 23.9. The first-order chi connectivity index (χ1) is 12.3. The van der Waals surface area contributed by atoms with E-state index in [4.69, 9.17) is 14.9 Å². The number of rotatable bonds is 4. The summed E-state index contributed by atoms with van der Waals surface area (Å²) >= 11 is 0. The molecule has 0 saturated carbocycles. The molecule has 134 valence electrons. The summed E-state index contributed by atoms with van der Waals surface area (Å²) in [6.45, 7) is 5.98. The van der Waals surface area contributed by atoms with Crippen LogP contribution in [0.25, 0.3) is 22.3 Å². The van der Waals surface area contributed by atoms with E-state index in [2.05, 4.69) is 20.8 Å². The summed E-state index contributed by atoms with van der Waals surface area (Å²) < 4.78 is 11.3. The fourth-order valence-electron chi connectivity index (χ4n) is 2.71. The summed E-state index contributed by atoms with van der Waals surface area (Å²) in [5, 5.41) is 0.391. The third kappa shape index (κ3) is 3.47. The van der Waals surface area contributed by atoms with Crippen molar-refractivity contribution in [1.29, 1.82) is 0 Å². The second-order valence-corrected chi connectivity index (χ2v) is 7.17. The second-order valence-electron chi connectivity index (χ2n) is 7.17. The summed E-state index contributed by atoms with van der Waals surface area (Å²) in [5.74, 6) is -0.381. The van der Waals surface area contributed by atoms with Crippen LogP contribution in [0.1, 0.15) is 26.3 Å². The molecule has 5 nitrogen and oxygen atoms in total. The van der Waals surface area contributed by atoms with Crippen LogP contribution in [0.2, 0.25) is 0 Å². The van der Waals surface area contributed by atoms with Crippen molar-refractivity contribution in [2.24, 2.45) is 5.73 Å². The van der Waals surface area contributed by atoms with Crippen LogP contribution in [0.5, 0.6) is 5.75 Å². The third-order valence-corrected chi connectivity index (χ3v) is 4.13. The van der Waals surface area contributed by atoms with E-state index in [0.29, 0.717) is 16.5 Å². The van der Waals surface area contributed by atoms with E-state index in [-0.39, 0.29) is 22.4 Å². The van der Waals surface area contributed by atoms with E-state index in [0.717, 1.165) is 5.56 Å². The van der Waals surface area contributed by atoms with Crippen molar-refractivity contribution in [1.82, 2.24) is 0 Å². The van der Waals surface area contributed by atoms with Crippen molar-refractivity contribution in [3.63, 3.8) is 0 Å². The predicted octanol–water partition coefficient (Wildman–Crippen LogP) is 3.62.